The van der Waals surface area contributed by atoms with Crippen LogP contribution < -0.4 is 15.4 Å². The lowest BCUT2D eigenvalue weighted by atomic mass is 10.1. The highest BCUT2D eigenvalue weighted by molar-refractivity contribution is 14.0. The predicted octanol–water partition coefficient (Wildman–Crippen LogP) is 4.08. The Kier molecular flexibility index (Phi) is 11.1. The van der Waals surface area contributed by atoms with Crippen molar-refractivity contribution in [3.63, 3.8) is 0 Å². The first-order valence-corrected chi connectivity index (χ1v) is 10.5. The average molecular weight is 539 g/mol. The highest BCUT2D eigenvalue weighted by Crippen LogP contribution is 2.22. The summed E-state index contributed by atoms with van der Waals surface area (Å²) in [6, 6.07) is 16.5. The van der Waals surface area contributed by atoms with E-state index < -0.39 is 0 Å². The van der Waals surface area contributed by atoms with Crippen molar-refractivity contribution in [3.8, 4) is 5.75 Å². The molecule has 6 nitrogen and oxygen atoms in total. The Morgan fingerprint density at radius 1 is 1.19 bits per heavy atom. The van der Waals surface area contributed by atoms with E-state index in [9.17, 15) is 0 Å². The van der Waals surface area contributed by atoms with Crippen LogP contribution in [-0.4, -0.2) is 46.5 Å². The van der Waals surface area contributed by atoms with E-state index in [1.165, 1.54) is 5.56 Å². The Morgan fingerprint density at radius 3 is 2.68 bits per heavy atom. The summed E-state index contributed by atoms with van der Waals surface area (Å²) < 4.78 is 17.2. The first-order valence-electron chi connectivity index (χ1n) is 10.5. The summed E-state index contributed by atoms with van der Waals surface area (Å²) in [7, 11) is 3.49. The number of nitrogens with one attached hydrogen (secondary N) is 2. The van der Waals surface area contributed by atoms with E-state index in [0.717, 1.165) is 42.5 Å². The van der Waals surface area contributed by atoms with Crippen molar-refractivity contribution in [1.82, 2.24) is 10.6 Å². The molecule has 0 bridgehead atoms. The van der Waals surface area contributed by atoms with Crippen LogP contribution in [0.4, 0.5) is 0 Å². The van der Waals surface area contributed by atoms with Crippen LogP contribution in [0, 0.1) is 12.8 Å². The normalized spacial score (nSPS) is 17.0. The van der Waals surface area contributed by atoms with Crippen molar-refractivity contribution in [1.29, 1.82) is 0 Å². The molecule has 2 aromatic rings. The molecule has 3 rings (SSSR count). The number of aliphatic imine (C=N–C) groups is 1. The molecule has 2 atom stereocenters. The SMILES string of the molecule is CN=C(NCc1ccc(C)cc1OCC1CCOC1)NCC(OC)c1ccccc1.I. The van der Waals surface area contributed by atoms with Crippen LogP contribution in [0.15, 0.2) is 53.5 Å². The lowest BCUT2D eigenvalue weighted by Crippen LogP contribution is -2.39. The predicted molar refractivity (Wildman–Crippen MR) is 135 cm³/mol. The summed E-state index contributed by atoms with van der Waals surface area (Å²) in [6.07, 6.45) is 1.02. The van der Waals surface area contributed by atoms with Crippen LogP contribution in [0.2, 0.25) is 0 Å². The number of benzene rings is 2. The molecule has 1 aliphatic heterocycles. The summed E-state index contributed by atoms with van der Waals surface area (Å²) >= 11 is 0. The fraction of sp³-hybridized carbons (Fsp3) is 0.458. The van der Waals surface area contributed by atoms with Crippen LogP contribution in [0.1, 0.15) is 29.2 Å². The van der Waals surface area contributed by atoms with Crippen LogP contribution >= 0.6 is 24.0 Å². The van der Waals surface area contributed by atoms with Gasteiger partial charge in [-0.3, -0.25) is 4.99 Å². The molecular formula is C24H34IN3O3. The molecule has 0 aromatic heterocycles. The third-order valence-corrected chi connectivity index (χ3v) is 5.30. The number of hydrogen-bond donors (Lipinski definition) is 2. The van der Waals surface area contributed by atoms with E-state index in [1.54, 1.807) is 14.2 Å². The minimum Gasteiger partial charge on any atom is -0.493 e. The van der Waals surface area contributed by atoms with Gasteiger partial charge in [0.2, 0.25) is 0 Å². The monoisotopic (exact) mass is 539 g/mol. The molecule has 2 unspecified atom stereocenters. The third kappa shape index (κ3) is 7.97. The number of methoxy groups -OCH3 is 1. The number of aryl methyl sites for hydroxylation is 1. The topological polar surface area (TPSA) is 64.1 Å². The van der Waals surface area contributed by atoms with Crippen LogP contribution in [0.3, 0.4) is 0 Å². The Bertz CT molecular complexity index is 811. The molecule has 0 saturated carbocycles. The van der Waals surface area contributed by atoms with Gasteiger partial charge in [0.1, 0.15) is 5.75 Å². The molecule has 0 aliphatic carbocycles. The highest BCUT2D eigenvalue weighted by Gasteiger charge is 2.17. The number of ether oxygens (including phenoxy) is 3. The molecule has 31 heavy (non-hydrogen) atoms. The summed E-state index contributed by atoms with van der Waals surface area (Å²) in [4.78, 5) is 4.34. The van der Waals surface area contributed by atoms with Gasteiger partial charge in [-0.25, -0.2) is 0 Å². The van der Waals surface area contributed by atoms with Crippen molar-refractivity contribution in [2.24, 2.45) is 10.9 Å². The maximum atomic E-state index is 6.14. The van der Waals surface area contributed by atoms with Crippen molar-refractivity contribution in [3.05, 3.63) is 65.2 Å². The van der Waals surface area contributed by atoms with Crippen molar-refractivity contribution >= 4 is 29.9 Å². The van der Waals surface area contributed by atoms with Gasteiger partial charge in [-0.2, -0.15) is 0 Å². The largest absolute Gasteiger partial charge is 0.493 e. The van der Waals surface area contributed by atoms with Gasteiger partial charge < -0.3 is 24.8 Å². The smallest absolute Gasteiger partial charge is 0.191 e. The van der Waals surface area contributed by atoms with Gasteiger partial charge in [-0.05, 0) is 30.5 Å². The van der Waals surface area contributed by atoms with E-state index >= 15 is 0 Å². The van der Waals surface area contributed by atoms with Gasteiger partial charge >= 0.3 is 0 Å². The third-order valence-electron chi connectivity index (χ3n) is 5.30. The zero-order valence-corrected chi connectivity index (χ0v) is 20.9. The van der Waals surface area contributed by atoms with Gasteiger partial charge in [0.25, 0.3) is 0 Å². The Labute approximate surface area is 202 Å². The highest BCUT2D eigenvalue weighted by atomic mass is 127. The van der Waals surface area contributed by atoms with Crippen LogP contribution in [0.25, 0.3) is 0 Å². The lowest BCUT2D eigenvalue weighted by Gasteiger charge is -2.19. The van der Waals surface area contributed by atoms with Crippen LogP contribution in [-0.2, 0) is 16.0 Å². The molecule has 2 N–H and O–H groups in total. The lowest BCUT2D eigenvalue weighted by molar-refractivity contribution is 0.106. The van der Waals surface area contributed by atoms with Crippen molar-refractivity contribution < 1.29 is 14.2 Å². The second kappa shape index (κ2) is 13.5. The summed E-state index contributed by atoms with van der Waals surface area (Å²) in [5.41, 5.74) is 3.42. The van der Waals surface area contributed by atoms with E-state index in [2.05, 4.69) is 52.9 Å². The molecular weight excluding hydrogens is 505 g/mol. The van der Waals surface area contributed by atoms with Gasteiger partial charge in [-0.15, -0.1) is 24.0 Å². The molecule has 2 aromatic carbocycles. The van der Waals surface area contributed by atoms with E-state index in [0.29, 0.717) is 25.6 Å². The Morgan fingerprint density at radius 2 is 2.00 bits per heavy atom. The maximum absolute atomic E-state index is 6.14. The quantitative estimate of drug-likeness (QED) is 0.286. The molecule has 0 spiro atoms. The number of guanidine groups is 1. The number of halogens is 1. The van der Waals surface area contributed by atoms with E-state index in [-0.39, 0.29) is 30.1 Å². The number of nitrogens with zero attached hydrogens (tertiary/aromatic N) is 1. The Hall–Kier alpha value is -1.84. The van der Waals surface area contributed by atoms with Gasteiger partial charge in [0.05, 0.1) is 19.3 Å². The first kappa shape index (κ1) is 25.4. The molecule has 1 heterocycles. The molecule has 0 radical (unpaired) electrons. The van der Waals surface area contributed by atoms with Gasteiger partial charge in [0.15, 0.2) is 5.96 Å². The minimum atomic E-state index is -0.0448. The maximum Gasteiger partial charge on any atom is 0.191 e. The number of rotatable bonds is 9. The molecule has 1 saturated heterocycles. The fourth-order valence-corrected chi connectivity index (χ4v) is 3.46. The van der Waals surface area contributed by atoms with Crippen molar-refractivity contribution in [2.75, 3.05) is 40.5 Å². The average Bonchev–Trinajstić information content (AvgIpc) is 3.30. The second-order valence-corrected chi connectivity index (χ2v) is 7.59. The zero-order valence-electron chi connectivity index (χ0n) is 18.6. The van der Waals surface area contributed by atoms with Gasteiger partial charge in [-0.1, -0.05) is 42.5 Å². The van der Waals surface area contributed by atoms with Crippen molar-refractivity contribution in [2.45, 2.75) is 26.0 Å². The molecule has 1 aliphatic rings. The van der Waals surface area contributed by atoms with Gasteiger partial charge in [0, 0.05) is 45.3 Å². The summed E-state index contributed by atoms with van der Waals surface area (Å²) in [5, 5.41) is 6.74. The standard InChI is InChI=1S/C24H33N3O3.HI/c1-18-9-10-21(22(13-18)30-17-19-11-12-29-16-19)14-26-24(25-2)27-15-23(28-3)20-7-5-4-6-8-20;/h4-10,13,19,23H,11-12,14-17H2,1-3H3,(H2,25,26,27);1H. The molecule has 1 fully saturated rings. The second-order valence-electron chi connectivity index (χ2n) is 7.59. The number of hydrogen-bond acceptors (Lipinski definition) is 4. The molecule has 170 valence electrons. The summed E-state index contributed by atoms with van der Waals surface area (Å²) in [5.74, 6) is 2.12. The van der Waals surface area contributed by atoms with Crippen LogP contribution in [0.5, 0.6) is 5.75 Å². The minimum absolute atomic E-state index is 0. The van der Waals surface area contributed by atoms with E-state index in [1.807, 2.05) is 18.2 Å². The van der Waals surface area contributed by atoms with E-state index in [4.69, 9.17) is 14.2 Å². The molecule has 0 amide bonds. The zero-order chi connectivity index (χ0) is 21.2. The molecule has 7 heteroatoms. The first-order chi connectivity index (χ1) is 14.7. The Balaban J connectivity index is 0.00000341. The summed E-state index contributed by atoms with van der Waals surface area (Å²) in [6.45, 7) is 5.65. The fourth-order valence-electron chi connectivity index (χ4n) is 3.46.